The van der Waals surface area contributed by atoms with Gasteiger partial charge < -0.3 is 19.9 Å². The van der Waals surface area contributed by atoms with Crippen molar-refractivity contribution in [2.45, 2.75) is 26.0 Å². The molecule has 0 radical (unpaired) electrons. The lowest BCUT2D eigenvalue weighted by molar-refractivity contribution is -0.136. The first kappa shape index (κ1) is 16.9. The molecule has 2 N–H and O–H groups in total. The number of hydrogen-bond donors (Lipinski definition) is 2. The summed E-state index contributed by atoms with van der Waals surface area (Å²) in [6, 6.07) is 17.2. The molecule has 0 fully saturated rings. The van der Waals surface area contributed by atoms with E-state index in [-0.39, 0.29) is 12.6 Å². The van der Waals surface area contributed by atoms with Crippen molar-refractivity contribution in [3.63, 3.8) is 0 Å². The highest BCUT2D eigenvalue weighted by atomic mass is 16.5. The molecule has 0 aliphatic carbocycles. The Hall–Kier alpha value is -2.95. The second-order valence-electron chi connectivity index (χ2n) is 5.92. The molecule has 1 heterocycles. The lowest BCUT2D eigenvalue weighted by atomic mass is 10.1. The van der Waals surface area contributed by atoms with Gasteiger partial charge >= 0.3 is 5.97 Å². The molecule has 130 valence electrons. The Morgan fingerprint density at radius 1 is 1.20 bits per heavy atom. The summed E-state index contributed by atoms with van der Waals surface area (Å²) in [6.45, 7) is 2.46. The lowest BCUT2D eigenvalue weighted by Gasteiger charge is -2.13. The Morgan fingerprint density at radius 3 is 2.76 bits per heavy atom. The first-order valence-corrected chi connectivity index (χ1v) is 8.23. The van der Waals surface area contributed by atoms with Crippen LogP contribution < -0.4 is 10.1 Å². The zero-order valence-corrected chi connectivity index (χ0v) is 14.1. The zero-order valence-electron chi connectivity index (χ0n) is 14.1. The number of carboxylic acid groups (broad SMARTS) is 1. The first-order chi connectivity index (χ1) is 12.1. The second-order valence-corrected chi connectivity index (χ2v) is 5.92. The highest BCUT2D eigenvalue weighted by Gasteiger charge is 2.23. The van der Waals surface area contributed by atoms with Crippen LogP contribution in [0.25, 0.3) is 0 Å². The number of carboxylic acids is 1. The van der Waals surface area contributed by atoms with Crippen molar-refractivity contribution in [1.82, 2.24) is 5.32 Å². The third kappa shape index (κ3) is 4.53. The predicted molar refractivity (Wildman–Crippen MR) is 94.0 cm³/mol. The van der Waals surface area contributed by atoms with E-state index in [2.05, 4.69) is 5.32 Å². The summed E-state index contributed by atoms with van der Waals surface area (Å²) in [5.41, 5.74) is 2.82. The van der Waals surface area contributed by atoms with Crippen LogP contribution in [0.2, 0.25) is 0 Å². The Labute approximate surface area is 146 Å². The van der Waals surface area contributed by atoms with E-state index in [1.54, 1.807) is 18.2 Å². The average molecular weight is 339 g/mol. The number of allylic oxidation sites excluding steroid dienone is 1. The summed E-state index contributed by atoms with van der Waals surface area (Å²) in [6.07, 6.45) is 0.480. The molecule has 2 aromatic rings. The molecule has 3 rings (SSSR count). The van der Waals surface area contributed by atoms with Gasteiger partial charge in [0.25, 0.3) is 0 Å². The molecule has 5 heteroatoms. The zero-order chi connectivity index (χ0) is 17.6. The van der Waals surface area contributed by atoms with Gasteiger partial charge in [-0.1, -0.05) is 42.5 Å². The molecule has 1 unspecified atom stereocenters. The predicted octanol–water partition coefficient (Wildman–Crippen LogP) is 3.63. The third-order valence-corrected chi connectivity index (χ3v) is 3.98. The minimum atomic E-state index is -0.852. The second kappa shape index (κ2) is 7.75. The molecule has 0 aromatic heterocycles. The van der Waals surface area contributed by atoms with Gasteiger partial charge in [0.05, 0.1) is 13.0 Å². The molecule has 5 nitrogen and oxygen atoms in total. The van der Waals surface area contributed by atoms with Crippen molar-refractivity contribution in [1.29, 1.82) is 0 Å². The number of benzene rings is 2. The first-order valence-electron chi connectivity index (χ1n) is 8.23. The van der Waals surface area contributed by atoms with Crippen molar-refractivity contribution >= 4 is 5.97 Å². The molecule has 1 aliphatic heterocycles. The number of ether oxygens (including phenoxy) is 2. The fraction of sp³-hybridized carbons (Fsp3) is 0.250. The van der Waals surface area contributed by atoms with Crippen LogP contribution in [0.3, 0.4) is 0 Å². The minimum absolute atomic E-state index is 0.00670. The van der Waals surface area contributed by atoms with E-state index in [0.29, 0.717) is 18.8 Å². The van der Waals surface area contributed by atoms with Crippen LogP contribution in [-0.4, -0.2) is 17.7 Å². The topological polar surface area (TPSA) is 67.8 Å². The van der Waals surface area contributed by atoms with Crippen molar-refractivity contribution in [3.05, 3.63) is 77.2 Å². The standard InChI is InChI=1S/C20H21NO4/c1-14-18(25-20(21-14)16-7-3-2-4-8-16)10-11-24-17-9-5-6-15(12-17)13-19(22)23/h2-9,12,20-21H,10-11,13H2,1H3,(H,22,23). The third-order valence-electron chi connectivity index (χ3n) is 3.98. The lowest BCUT2D eigenvalue weighted by Crippen LogP contribution is -2.13. The van der Waals surface area contributed by atoms with Gasteiger partial charge in [0.15, 0.2) is 6.23 Å². The number of rotatable bonds is 7. The van der Waals surface area contributed by atoms with Crippen LogP contribution in [0.4, 0.5) is 0 Å². The number of aliphatic carboxylic acids is 1. The fourth-order valence-corrected chi connectivity index (χ4v) is 2.74. The highest BCUT2D eigenvalue weighted by Crippen LogP contribution is 2.28. The van der Waals surface area contributed by atoms with Gasteiger partial charge in [-0.25, -0.2) is 0 Å². The summed E-state index contributed by atoms with van der Waals surface area (Å²) in [7, 11) is 0. The van der Waals surface area contributed by atoms with Crippen LogP contribution in [0.1, 0.15) is 30.7 Å². The quantitative estimate of drug-likeness (QED) is 0.806. The van der Waals surface area contributed by atoms with Gasteiger partial charge in [0.1, 0.15) is 11.5 Å². The smallest absolute Gasteiger partial charge is 0.307 e. The maximum Gasteiger partial charge on any atom is 0.307 e. The molecule has 25 heavy (non-hydrogen) atoms. The monoisotopic (exact) mass is 339 g/mol. The normalized spacial score (nSPS) is 16.3. The SMILES string of the molecule is CC1=C(CCOc2cccc(CC(=O)O)c2)OC(c2ccccc2)N1. The van der Waals surface area contributed by atoms with Crippen LogP contribution in [0.5, 0.6) is 5.75 Å². The van der Waals surface area contributed by atoms with Gasteiger partial charge in [-0.15, -0.1) is 0 Å². The van der Waals surface area contributed by atoms with Crippen molar-refractivity contribution in [3.8, 4) is 5.75 Å². The molecule has 0 bridgehead atoms. The molecule has 1 atom stereocenters. The van der Waals surface area contributed by atoms with Gasteiger partial charge in [0.2, 0.25) is 0 Å². The molecular formula is C20H21NO4. The Kier molecular flexibility index (Phi) is 5.23. The Bertz CT molecular complexity index is 770. The van der Waals surface area contributed by atoms with E-state index in [4.69, 9.17) is 14.6 Å². The van der Waals surface area contributed by atoms with Crippen molar-refractivity contribution in [2.24, 2.45) is 0 Å². The Balaban J connectivity index is 1.52. The summed E-state index contributed by atoms with van der Waals surface area (Å²) >= 11 is 0. The number of hydrogen-bond acceptors (Lipinski definition) is 4. The van der Waals surface area contributed by atoms with Gasteiger partial charge in [-0.2, -0.15) is 0 Å². The van der Waals surface area contributed by atoms with Gasteiger partial charge in [-0.3, -0.25) is 4.79 Å². The van der Waals surface area contributed by atoms with Crippen LogP contribution in [-0.2, 0) is 16.0 Å². The molecule has 0 spiro atoms. The van der Waals surface area contributed by atoms with Gasteiger partial charge in [-0.05, 0) is 24.6 Å². The Morgan fingerprint density at radius 2 is 2.00 bits per heavy atom. The maximum absolute atomic E-state index is 10.8. The van der Waals surface area contributed by atoms with E-state index in [0.717, 1.165) is 22.6 Å². The van der Waals surface area contributed by atoms with E-state index in [9.17, 15) is 4.79 Å². The maximum atomic E-state index is 10.8. The summed E-state index contributed by atoms with van der Waals surface area (Å²) in [5.74, 6) is 0.702. The van der Waals surface area contributed by atoms with Crippen LogP contribution in [0.15, 0.2) is 66.1 Å². The molecule has 1 aliphatic rings. The number of nitrogens with one attached hydrogen (secondary N) is 1. The van der Waals surface area contributed by atoms with E-state index in [1.165, 1.54) is 0 Å². The van der Waals surface area contributed by atoms with Crippen LogP contribution >= 0.6 is 0 Å². The fourth-order valence-electron chi connectivity index (χ4n) is 2.74. The molecule has 2 aromatic carbocycles. The van der Waals surface area contributed by atoms with E-state index >= 15 is 0 Å². The average Bonchev–Trinajstić information content (AvgIpc) is 2.96. The van der Waals surface area contributed by atoms with E-state index < -0.39 is 5.97 Å². The molecule has 0 saturated carbocycles. The largest absolute Gasteiger partial charge is 0.493 e. The molecular weight excluding hydrogens is 318 g/mol. The summed E-state index contributed by atoms with van der Waals surface area (Å²) in [5, 5.41) is 12.2. The molecule has 0 saturated heterocycles. The number of carbonyl (C=O) groups is 1. The van der Waals surface area contributed by atoms with Gasteiger partial charge in [0, 0.05) is 17.7 Å². The summed E-state index contributed by atoms with van der Waals surface area (Å²) in [4.78, 5) is 10.8. The van der Waals surface area contributed by atoms with Crippen LogP contribution in [0, 0.1) is 0 Å². The van der Waals surface area contributed by atoms with E-state index in [1.807, 2.05) is 43.3 Å². The highest BCUT2D eigenvalue weighted by molar-refractivity contribution is 5.70. The minimum Gasteiger partial charge on any atom is -0.493 e. The summed E-state index contributed by atoms with van der Waals surface area (Å²) < 4.78 is 11.7. The van der Waals surface area contributed by atoms with Crippen molar-refractivity contribution < 1.29 is 19.4 Å². The van der Waals surface area contributed by atoms with Crippen molar-refractivity contribution in [2.75, 3.05) is 6.61 Å². The molecule has 0 amide bonds.